The molecule has 6 heteroatoms. The molecule has 1 saturated heterocycles. The van der Waals surface area contributed by atoms with Crippen molar-refractivity contribution in [3.8, 4) is 11.5 Å². The van der Waals surface area contributed by atoms with Gasteiger partial charge >= 0.3 is 0 Å². The minimum absolute atomic E-state index is 0.396. The van der Waals surface area contributed by atoms with Crippen LogP contribution in [0, 0.1) is 0 Å². The number of hydrogen-bond donors (Lipinski definition) is 1. The Morgan fingerprint density at radius 2 is 1.61 bits per heavy atom. The number of anilines is 1. The van der Waals surface area contributed by atoms with Crippen LogP contribution >= 0.6 is 11.6 Å². The van der Waals surface area contributed by atoms with Crippen LogP contribution in [0.3, 0.4) is 0 Å². The average molecular weight is 462 g/mol. The van der Waals surface area contributed by atoms with E-state index in [4.69, 9.17) is 26.1 Å². The van der Waals surface area contributed by atoms with Gasteiger partial charge in [0.2, 0.25) is 0 Å². The predicted molar refractivity (Wildman–Crippen MR) is 136 cm³/mol. The Morgan fingerprint density at radius 1 is 0.879 bits per heavy atom. The van der Waals surface area contributed by atoms with Crippen LogP contribution in [-0.2, 0) is 6.54 Å². The molecule has 4 aromatic rings. The quantitative estimate of drug-likeness (QED) is 0.350. The lowest BCUT2D eigenvalue weighted by atomic mass is 10.0. The van der Waals surface area contributed by atoms with Crippen LogP contribution < -0.4 is 14.8 Å². The number of likely N-dealkylation sites (tertiary alicyclic amines) is 1. The Bertz CT molecular complexity index is 1270. The summed E-state index contributed by atoms with van der Waals surface area (Å²) in [5.74, 6) is 1.73. The molecule has 0 spiro atoms. The maximum Gasteiger partial charge on any atom is 0.119 e. The molecule has 0 aliphatic carbocycles. The number of halogens is 1. The van der Waals surface area contributed by atoms with Gasteiger partial charge in [0.1, 0.15) is 11.5 Å². The van der Waals surface area contributed by atoms with E-state index in [2.05, 4.69) is 34.5 Å². The van der Waals surface area contributed by atoms with Crippen LogP contribution in [-0.4, -0.2) is 43.2 Å². The molecule has 170 valence electrons. The van der Waals surface area contributed by atoms with E-state index in [1.54, 1.807) is 14.2 Å². The number of nitrogens with zero attached hydrogens (tertiary/aromatic N) is 2. The molecule has 0 amide bonds. The molecule has 1 aliphatic heterocycles. The molecule has 1 aliphatic rings. The second-order valence-corrected chi connectivity index (χ2v) is 9.01. The van der Waals surface area contributed by atoms with Gasteiger partial charge in [-0.2, -0.15) is 0 Å². The molecule has 1 N–H and O–H groups in total. The van der Waals surface area contributed by atoms with Crippen molar-refractivity contribution in [2.24, 2.45) is 0 Å². The molecule has 33 heavy (non-hydrogen) atoms. The zero-order valence-electron chi connectivity index (χ0n) is 19.0. The molecular formula is C27H28ClN3O2. The highest BCUT2D eigenvalue weighted by Crippen LogP contribution is 2.35. The highest BCUT2D eigenvalue weighted by Gasteiger charge is 2.21. The summed E-state index contributed by atoms with van der Waals surface area (Å²) in [7, 11) is 3.40. The Morgan fingerprint density at radius 3 is 2.33 bits per heavy atom. The van der Waals surface area contributed by atoms with Crippen molar-refractivity contribution < 1.29 is 9.47 Å². The van der Waals surface area contributed by atoms with Gasteiger partial charge < -0.3 is 14.8 Å². The smallest absolute Gasteiger partial charge is 0.119 e. The third-order valence-electron chi connectivity index (χ3n) is 6.44. The largest absolute Gasteiger partial charge is 0.497 e. The third-order valence-corrected chi connectivity index (χ3v) is 6.68. The lowest BCUT2D eigenvalue weighted by Gasteiger charge is -2.33. The van der Waals surface area contributed by atoms with Crippen LogP contribution in [0.5, 0.6) is 11.5 Å². The maximum absolute atomic E-state index is 6.27. The molecular weight excluding hydrogens is 434 g/mol. The van der Waals surface area contributed by atoms with Gasteiger partial charge in [-0.15, -0.1) is 0 Å². The second-order valence-electron chi connectivity index (χ2n) is 8.57. The Hall–Kier alpha value is -3.02. The van der Waals surface area contributed by atoms with Gasteiger partial charge in [0.15, 0.2) is 0 Å². The number of piperidine rings is 1. The summed E-state index contributed by atoms with van der Waals surface area (Å²) in [4.78, 5) is 7.36. The van der Waals surface area contributed by atoms with Crippen molar-refractivity contribution in [1.29, 1.82) is 0 Å². The van der Waals surface area contributed by atoms with Crippen molar-refractivity contribution >= 4 is 39.1 Å². The van der Waals surface area contributed by atoms with E-state index >= 15 is 0 Å². The third kappa shape index (κ3) is 4.70. The summed E-state index contributed by atoms with van der Waals surface area (Å²) in [6.07, 6.45) is 2.16. The van der Waals surface area contributed by atoms with Gasteiger partial charge in [-0.1, -0.05) is 23.7 Å². The SMILES string of the molecule is COc1ccc(CN2CCC(Nc3c4ccc(Cl)cc4nc4ccc(OC)cc34)CC2)cc1. The molecule has 3 aromatic carbocycles. The number of pyridine rings is 1. The molecule has 1 fully saturated rings. The van der Waals surface area contributed by atoms with Gasteiger partial charge in [-0.25, -0.2) is 4.98 Å². The molecule has 2 heterocycles. The zero-order chi connectivity index (χ0) is 22.8. The normalized spacial score (nSPS) is 15.1. The van der Waals surface area contributed by atoms with E-state index in [0.29, 0.717) is 11.1 Å². The lowest BCUT2D eigenvalue weighted by Crippen LogP contribution is -2.38. The molecule has 5 nitrogen and oxygen atoms in total. The maximum atomic E-state index is 6.27. The van der Waals surface area contributed by atoms with E-state index in [9.17, 15) is 0 Å². The first kappa shape index (κ1) is 21.8. The summed E-state index contributed by atoms with van der Waals surface area (Å²) in [5, 5.41) is 6.71. The Labute approximate surface area is 199 Å². The number of ether oxygens (including phenoxy) is 2. The molecule has 0 radical (unpaired) electrons. The number of rotatable bonds is 6. The van der Waals surface area contributed by atoms with Crippen molar-refractivity contribution in [2.75, 3.05) is 32.6 Å². The molecule has 0 saturated carbocycles. The van der Waals surface area contributed by atoms with E-state index in [-0.39, 0.29) is 0 Å². The topological polar surface area (TPSA) is 46.6 Å². The monoisotopic (exact) mass is 461 g/mol. The van der Waals surface area contributed by atoms with Gasteiger partial charge in [0.05, 0.1) is 30.9 Å². The van der Waals surface area contributed by atoms with Crippen LogP contribution in [0.2, 0.25) is 5.02 Å². The van der Waals surface area contributed by atoms with Crippen molar-refractivity contribution in [3.63, 3.8) is 0 Å². The Balaban J connectivity index is 1.36. The number of benzene rings is 3. The summed E-state index contributed by atoms with van der Waals surface area (Å²) < 4.78 is 10.8. The fraction of sp³-hybridized carbons (Fsp3) is 0.296. The summed E-state index contributed by atoms with van der Waals surface area (Å²) in [6.45, 7) is 3.08. The van der Waals surface area contributed by atoms with Crippen molar-refractivity contribution in [3.05, 3.63) is 71.2 Å². The minimum atomic E-state index is 0.396. The van der Waals surface area contributed by atoms with Gasteiger partial charge in [0.25, 0.3) is 0 Å². The summed E-state index contributed by atoms with van der Waals surface area (Å²) >= 11 is 6.27. The number of aromatic nitrogens is 1. The number of hydrogen-bond acceptors (Lipinski definition) is 5. The predicted octanol–water partition coefficient (Wildman–Crippen LogP) is 6.14. The van der Waals surface area contributed by atoms with Crippen LogP contribution in [0.4, 0.5) is 5.69 Å². The van der Waals surface area contributed by atoms with Crippen molar-refractivity contribution in [1.82, 2.24) is 9.88 Å². The van der Waals surface area contributed by atoms with E-state index in [1.165, 1.54) is 5.56 Å². The van der Waals surface area contributed by atoms with Gasteiger partial charge in [-0.3, -0.25) is 4.90 Å². The standard InChI is InChI=1S/C27H28ClN3O2/c1-32-21-6-3-18(4-7-21)17-31-13-11-20(12-14-31)29-27-23-9-5-19(28)15-26(23)30-25-10-8-22(33-2)16-24(25)27/h3-10,15-16,20H,11-14,17H2,1-2H3,(H,29,30). The highest BCUT2D eigenvalue weighted by molar-refractivity contribution is 6.31. The zero-order valence-corrected chi connectivity index (χ0v) is 19.7. The molecule has 5 rings (SSSR count). The first-order chi connectivity index (χ1) is 16.1. The number of fused-ring (bicyclic) bond motifs is 2. The fourth-order valence-corrected chi connectivity index (χ4v) is 4.77. The number of methoxy groups -OCH3 is 2. The second kappa shape index (κ2) is 9.46. The lowest BCUT2D eigenvalue weighted by molar-refractivity contribution is 0.211. The van der Waals surface area contributed by atoms with E-state index in [0.717, 1.165) is 71.5 Å². The van der Waals surface area contributed by atoms with E-state index in [1.807, 2.05) is 36.4 Å². The molecule has 1 aromatic heterocycles. The highest BCUT2D eigenvalue weighted by atomic mass is 35.5. The van der Waals surface area contributed by atoms with E-state index < -0.39 is 0 Å². The summed E-state index contributed by atoms with van der Waals surface area (Å²) in [5.41, 5.74) is 4.26. The Kier molecular flexibility index (Phi) is 6.25. The van der Waals surface area contributed by atoms with Crippen molar-refractivity contribution in [2.45, 2.75) is 25.4 Å². The van der Waals surface area contributed by atoms with Gasteiger partial charge in [-0.05, 0) is 66.9 Å². The molecule has 0 unspecified atom stereocenters. The summed E-state index contributed by atoms with van der Waals surface area (Å²) in [6, 6.07) is 20.7. The van der Waals surface area contributed by atoms with Crippen LogP contribution in [0.15, 0.2) is 60.7 Å². The molecule has 0 atom stereocenters. The first-order valence-electron chi connectivity index (χ1n) is 11.3. The first-order valence-corrected chi connectivity index (χ1v) is 11.7. The molecule has 0 bridgehead atoms. The fourth-order valence-electron chi connectivity index (χ4n) is 4.61. The van der Waals surface area contributed by atoms with Gasteiger partial charge in [0, 0.05) is 41.5 Å². The average Bonchev–Trinajstić information content (AvgIpc) is 2.85. The van der Waals surface area contributed by atoms with Crippen LogP contribution in [0.25, 0.3) is 21.8 Å². The van der Waals surface area contributed by atoms with Crippen LogP contribution in [0.1, 0.15) is 18.4 Å². The minimum Gasteiger partial charge on any atom is -0.497 e. The number of nitrogens with one attached hydrogen (secondary N) is 1.